The van der Waals surface area contributed by atoms with E-state index >= 15 is 0 Å². The molecule has 16 heavy (non-hydrogen) atoms. The zero-order chi connectivity index (χ0) is 11.9. The molecule has 88 valence electrons. The van der Waals surface area contributed by atoms with Crippen LogP contribution in [0.15, 0.2) is 0 Å². The van der Waals surface area contributed by atoms with Crippen molar-refractivity contribution in [2.75, 3.05) is 0 Å². The summed E-state index contributed by atoms with van der Waals surface area (Å²) in [4.78, 5) is 11.0. The molecule has 0 saturated carbocycles. The number of alkyl halides is 3. The number of rotatable bonds is 1. The van der Waals surface area contributed by atoms with Crippen molar-refractivity contribution in [3.05, 3.63) is 17.0 Å². The first-order valence-corrected chi connectivity index (χ1v) is 4.82. The first kappa shape index (κ1) is 11.0. The fourth-order valence-corrected chi connectivity index (χ4v) is 1.97. The van der Waals surface area contributed by atoms with Crippen molar-refractivity contribution in [1.29, 1.82) is 0 Å². The lowest BCUT2D eigenvalue weighted by atomic mass is 9.86. The average Bonchev–Trinajstić information content (AvgIpc) is 2.58. The molecule has 0 fully saturated rings. The van der Waals surface area contributed by atoms with E-state index in [1.807, 2.05) is 0 Å². The van der Waals surface area contributed by atoms with Crippen molar-refractivity contribution in [2.24, 2.45) is 11.7 Å². The predicted octanol–water partition coefficient (Wildman–Crippen LogP) is 1.18. The maximum absolute atomic E-state index is 12.5. The number of aromatic amines is 1. The molecule has 1 atom stereocenters. The molecule has 2 rings (SSSR count). The van der Waals surface area contributed by atoms with E-state index in [0.29, 0.717) is 11.3 Å². The Kier molecular flexibility index (Phi) is 2.40. The van der Waals surface area contributed by atoms with Gasteiger partial charge in [-0.15, -0.1) is 0 Å². The minimum atomic E-state index is -4.23. The molecule has 0 aromatic carbocycles. The number of hydrogen-bond acceptors (Lipinski definition) is 2. The first-order chi connectivity index (χ1) is 7.39. The molecule has 1 unspecified atom stereocenters. The van der Waals surface area contributed by atoms with Crippen LogP contribution in [0, 0.1) is 5.92 Å². The Balaban J connectivity index is 2.31. The fraction of sp³-hybridized carbons (Fsp3) is 0.556. The third-order valence-corrected chi connectivity index (χ3v) is 2.84. The number of amides is 1. The van der Waals surface area contributed by atoms with Crippen LogP contribution in [-0.4, -0.2) is 22.3 Å². The maximum Gasteiger partial charge on any atom is 0.392 e. The summed E-state index contributed by atoms with van der Waals surface area (Å²) in [5.74, 6) is -2.17. The number of nitrogens with zero attached hydrogens (tertiary/aromatic N) is 1. The molecule has 1 aliphatic rings. The molecule has 3 N–H and O–H groups in total. The van der Waals surface area contributed by atoms with Gasteiger partial charge >= 0.3 is 6.18 Å². The molecule has 0 spiro atoms. The average molecular weight is 233 g/mol. The second-order valence-corrected chi connectivity index (χ2v) is 3.87. The van der Waals surface area contributed by atoms with Crippen molar-refractivity contribution in [3.8, 4) is 0 Å². The molecular formula is C9H10F3N3O. The van der Waals surface area contributed by atoms with E-state index in [-0.39, 0.29) is 25.0 Å². The number of carbonyl (C=O) groups is 1. The van der Waals surface area contributed by atoms with E-state index in [1.54, 1.807) is 0 Å². The Hall–Kier alpha value is -1.53. The largest absolute Gasteiger partial charge is 0.392 e. The van der Waals surface area contributed by atoms with Gasteiger partial charge in [0, 0.05) is 5.56 Å². The second-order valence-electron chi connectivity index (χ2n) is 3.87. The molecule has 0 saturated heterocycles. The SMILES string of the molecule is NC(=O)c1[nH]nc2c1CC(C(F)(F)F)CC2. The summed E-state index contributed by atoms with van der Waals surface area (Å²) in [5, 5.41) is 6.20. The fourth-order valence-electron chi connectivity index (χ4n) is 1.97. The lowest BCUT2D eigenvalue weighted by molar-refractivity contribution is -0.177. The van der Waals surface area contributed by atoms with Crippen LogP contribution in [0.25, 0.3) is 0 Å². The van der Waals surface area contributed by atoms with Crippen molar-refractivity contribution < 1.29 is 18.0 Å². The Morgan fingerprint density at radius 2 is 2.19 bits per heavy atom. The topological polar surface area (TPSA) is 71.8 Å². The van der Waals surface area contributed by atoms with E-state index in [2.05, 4.69) is 10.2 Å². The molecule has 1 amide bonds. The van der Waals surface area contributed by atoms with E-state index in [0.717, 1.165) is 0 Å². The van der Waals surface area contributed by atoms with Gasteiger partial charge < -0.3 is 5.73 Å². The zero-order valence-electron chi connectivity index (χ0n) is 8.27. The Labute approximate surface area is 89.0 Å². The van der Waals surface area contributed by atoms with E-state index in [4.69, 9.17) is 5.73 Å². The van der Waals surface area contributed by atoms with Crippen molar-refractivity contribution in [3.63, 3.8) is 0 Å². The van der Waals surface area contributed by atoms with Crippen LogP contribution >= 0.6 is 0 Å². The third kappa shape index (κ3) is 1.77. The number of primary amides is 1. The predicted molar refractivity (Wildman–Crippen MR) is 48.7 cm³/mol. The monoisotopic (exact) mass is 233 g/mol. The van der Waals surface area contributed by atoms with Crippen molar-refractivity contribution >= 4 is 5.91 Å². The Morgan fingerprint density at radius 3 is 2.75 bits per heavy atom. The van der Waals surface area contributed by atoms with Crippen LogP contribution in [0.4, 0.5) is 13.2 Å². The highest BCUT2D eigenvalue weighted by molar-refractivity contribution is 5.92. The first-order valence-electron chi connectivity index (χ1n) is 4.82. The van der Waals surface area contributed by atoms with Gasteiger partial charge in [-0.3, -0.25) is 9.89 Å². The summed E-state index contributed by atoms with van der Waals surface area (Å²) in [6.45, 7) is 0. The summed E-state index contributed by atoms with van der Waals surface area (Å²) in [6.07, 6.45) is -4.21. The van der Waals surface area contributed by atoms with E-state index < -0.39 is 18.0 Å². The highest BCUT2D eigenvalue weighted by Crippen LogP contribution is 2.37. The molecule has 4 nitrogen and oxygen atoms in total. The van der Waals surface area contributed by atoms with Gasteiger partial charge in [0.25, 0.3) is 5.91 Å². The van der Waals surface area contributed by atoms with Crippen molar-refractivity contribution in [1.82, 2.24) is 10.2 Å². The summed E-state index contributed by atoms with van der Waals surface area (Å²) in [6, 6.07) is 0. The number of aryl methyl sites for hydroxylation is 1. The smallest absolute Gasteiger partial charge is 0.364 e. The van der Waals surface area contributed by atoms with Crippen LogP contribution < -0.4 is 5.73 Å². The lowest BCUT2D eigenvalue weighted by Crippen LogP contribution is -2.29. The summed E-state index contributed by atoms with van der Waals surface area (Å²) >= 11 is 0. The quantitative estimate of drug-likeness (QED) is 0.764. The van der Waals surface area contributed by atoms with Gasteiger partial charge in [0.2, 0.25) is 0 Å². The number of nitrogens with one attached hydrogen (secondary N) is 1. The lowest BCUT2D eigenvalue weighted by Gasteiger charge is -2.24. The molecule has 7 heteroatoms. The number of halogens is 3. The molecule has 1 aliphatic carbocycles. The zero-order valence-corrected chi connectivity index (χ0v) is 8.27. The molecule has 1 aromatic heterocycles. The third-order valence-electron chi connectivity index (χ3n) is 2.84. The minimum Gasteiger partial charge on any atom is -0.364 e. The standard InChI is InChI=1S/C9H10F3N3O/c10-9(11,12)4-1-2-6-5(3-4)7(8(13)16)15-14-6/h4H,1-3H2,(H2,13,16)(H,14,15). The Morgan fingerprint density at radius 1 is 1.50 bits per heavy atom. The highest BCUT2D eigenvalue weighted by Gasteiger charge is 2.42. The second kappa shape index (κ2) is 3.50. The molecule has 0 aliphatic heterocycles. The van der Waals surface area contributed by atoms with Crippen LogP contribution in [0.3, 0.4) is 0 Å². The van der Waals surface area contributed by atoms with Gasteiger partial charge in [-0.1, -0.05) is 0 Å². The number of fused-ring (bicyclic) bond motifs is 1. The summed E-state index contributed by atoms with van der Waals surface area (Å²) in [5.41, 5.74) is 5.89. The van der Waals surface area contributed by atoms with Crippen LogP contribution in [0.2, 0.25) is 0 Å². The van der Waals surface area contributed by atoms with Gasteiger partial charge in [-0.05, 0) is 19.3 Å². The number of hydrogen-bond donors (Lipinski definition) is 2. The summed E-state index contributed by atoms with van der Waals surface area (Å²) < 4.78 is 37.6. The van der Waals surface area contributed by atoms with Gasteiger partial charge in [-0.25, -0.2) is 0 Å². The van der Waals surface area contributed by atoms with Gasteiger partial charge in [0.05, 0.1) is 11.6 Å². The number of carbonyl (C=O) groups excluding carboxylic acids is 1. The Bertz CT molecular complexity index is 424. The van der Waals surface area contributed by atoms with Gasteiger partial charge in [0.1, 0.15) is 5.69 Å². The maximum atomic E-state index is 12.5. The number of H-pyrrole nitrogens is 1. The number of nitrogens with two attached hydrogens (primary N) is 1. The van der Waals surface area contributed by atoms with Gasteiger partial charge in [0.15, 0.2) is 0 Å². The molecular weight excluding hydrogens is 223 g/mol. The summed E-state index contributed by atoms with van der Waals surface area (Å²) in [7, 11) is 0. The highest BCUT2D eigenvalue weighted by atomic mass is 19.4. The number of aromatic nitrogens is 2. The molecule has 1 aromatic rings. The molecule has 0 bridgehead atoms. The van der Waals surface area contributed by atoms with E-state index in [9.17, 15) is 18.0 Å². The van der Waals surface area contributed by atoms with Crippen LogP contribution in [-0.2, 0) is 12.8 Å². The normalized spacial score (nSPS) is 20.6. The van der Waals surface area contributed by atoms with Crippen LogP contribution in [0.5, 0.6) is 0 Å². The van der Waals surface area contributed by atoms with E-state index in [1.165, 1.54) is 0 Å². The van der Waals surface area contributed by atoms with Crippen molar-refractivity contribution in [2.45, 2.75) is 25.4 Å². The minimum absolute atomic E-state index is 0.00366. The molecule has 1 heterocycles. The van der Waals surface area contributed by atoms with Gasteiger partial charge in [-0.2, -0.15) is 18.3 Å². The van der Waals surface area contributed by atoms with Crippen LogP contribution in [0.1, 0.15) is 28.2 Å². The molecule has 0 radical (unpaired) electrons.